The fourth-order valence-corrected chi connectivity index (χ4v) is 4.24. The first-order valence-electron chi connectivity index (χ1n) is 8.51. The average molecular weight is 372 g/mol. The molecule has 1 aromatic heterocycles. The molecule has 8 heteroatoms. The predicted octanol–water partition coefficient (Wildman–Crippen LogP) is 2.69. The van der Waals surface area contributed by atoms with Crippen molar-refractivity contribution >= 4 is 27.3 Å². The highest BCUT2D eigenvalue weighted by molar-refractivity contribution is 7.92. The van der Waals surface area contributed by atoms with E-state index in [4.69, 9.17) is 0 Å². The Kier molecular flexibility index (Phi) is 3.59. The molecule has 2 N–H and O–H groups in total. The van der Waals surface area contributed by atoms with E-state index in [0.717, 1.165) is 18.5 Å². The minimum Gasteiger partial charge on any atom is -0.325 e. The normalized spacial score (nSPS) is 18.3. The third-order valence-electron chi connectivity index (χ3n) is 4.94. The zero-order chi connectivity index (χ0) is 18.7. The number of aryl methyl sites for hydroxylation is 1. The fourth-order valence-electron chi connectivity index (χ4n) is 3.16. The highest BCUT2D eigenvalue weighted by atomic mass is 32.2. The van der Waals surface area contributed by atoms with Crippen LogP contribution in [0.1, 0.15) is 49.7 Å². The zero-order valence-electron chi connectivity index (χ0n) is 14.8. The van der Waals surface area contributed by atoms with Gasteiger partial charge in [0.1, 0.15) is 5.82 Å². The molecule has 4 rings (SSSR count). The van der Waals surface area contributed by atoms with Crippen molar-refractivity contribution in [1.82, 2.24) is 9.97 Å². The molecule has 0 unspecified atom stereocenters. The lowest BCUT2D eigenvalue weighted by atomic mass is 9.86. The second kappa shape index (κ2) is 5.51. The molecule has 1 saturated carbocycles. The summed E-state index contributed by atoms with van der Waals surface area (Å²) in [7, 11) is -3.81. The van der Waals surface area contributed by atoms with Crippen molar-refractivity contribution in [2.24, 2.45) is 0 Å². The van der Waals surface area contributed by atoms with Crippen molar-refractivity contribution in [2.75, 3.05) is 10.0 Å². The summed E-state index contributed by atoms with van der Waals surface area (Å²) in [6.07, 6.45) is 3.54. The number of nitrogens with one attached hydrogen (secondary N) is 2. The van der Waals surface area contributed by atoms with E-state index in [-0.39, 0.29) is 16.7 Å². The maximum absolute atomic E-state index is 12.9. The third-order valence-corrected chi connectivity index (χ3v) is 6.30. The second-order valence-electron chi connectivity index (χ2n) is 7.38. The Morgan fingerprint density at radius 3 is 2.69 bits per heavy atom. The molecule has 0 atom stereocenters. The van der Waals surface area contributed by atoms with E-state index in [0.29, 0.717) is 22.8 Å². The maximum atomic E-state index is 12.9. The van der Waals surface area contributed by atoms with Gasteiger partial charge in [0.25, 0.3) is 10.0 Å². The first-order valence-corrected chi connectivity index (χ1v) is 9.99. The number of amides is 1. The van der Waals surface area contributed by atoms with E-state index in [1.54, 1.807) is 32.9 Å². The first kappa shape index (κ1) is 17.0. The Hall–Kier alpha value is -2.48. The Labute approximate surface area is 152 Å². The largest absolute Gasteiger partial charge is 0.325 e. The van der Waals surface area contributed by atoms with E-state index in [1.807, 2.05) is 0 Å². The highest BCUT2D eigenvalue weighted by Gasteiger charge is 2.39. The number of nitrogens with zero attached hydrogens (tertiary/aromatic N) is 2. The van der Waals surface area contributed by atoms with Crippen LogP contribution in [0.15, 0.2) is 29.3 Å². The summed E-state index contributed by atoms with van der Waals surface area (Å²) in [4.78, 5) is 20.7. The SMILES string of the molecule is Cc1ncc(NS(=O)(=O)c2ccc3c(c2)C(C)(C)C(=O)N3)c(C2CC2)n1. The lowest BCUT2D eigenvalue weighted by molar-refractivity contribution is -0.119. The molecule has 1 aliphatic carbocycles. The van der Waals surface area contributed by atoms with Crippen LogP contribution in [-0.2, 0) is 20.2 Å². The van der Waals surface area contributed by atoms with Gasteiger partial charge in [-0.2, -0.15) is 0 Å². The molecule has 1 amide bonds. The van der Waals surface area contributed by atoms with Crippen LogP contribution in [0.2, 0.25) is 0 Å². The second-order valence-corrected chi connectivity index (χ2v) is 9.06. The fraction of sp³-hybridized carbons (Fsp3) is 0.389. The topological polar surface area (TPSA) is 101 Å². The summed E-state index contributed by atoms with van der Waals surface area (Å²) in [5, 5.41) is 2.78. The van der Waals surface area contributed by atoms with Gasteiger partial charge < -0.3 is 5.32 Å². The van der Waals surface area contributed by atoms with Gasteiger partial charge in [-0.15, -0.1) is 0 Å². The predicted molar refractivity (Wildman–Crippen MR) is 97.7 cm³/mol. The molecular formula is C18H20N4O3S. The number of anilines is 2. The van der Waals surface area contributed by atoms with Gasteiger partial charge in [0.2, 0.25) is 5.91 Å². The number of fused-ring (bicyclic) bond motifs is 1. The van der Waals surface area contributed by atoms with Crippen molar-refractivity contribution in [1.29, 1.82) is 0 Å². The number of carbonyl (C=O) groups is 1. The number of carbonyl (C=O) groups excluding carboxylic acids is 1. The van der Waals surface area contributed by atoms with E-state index in [1.165, 1.54) is 12.3 Å². The van der Waals surface area contributed by atoms with Crippen LogP contribution in [0.25, 0.3) is 0 Å². The Morgan fingerprint density at radius 1 is 1.27 bits per heavy atom. The summed E-state index contributed by atoms with van der Waals surface area (Å²) in [6, 6.07) is 4.68. The molecule has 1 fully saturated rings. The lowest BCUT2D eigenvalue weighted by Gasteiger charge is -2.16. The molecule has 7 nitrogen and oxygen atoms in total. The Balaban J connectivity index is 1.71. The van der Waals surface area contributed by atoms with E-state index in [2.05, 4.69) is 20.0 Å². The number of rotatable bonds is 4. The Morgan fingerprint density at radius 2 is 2.00 bits per heavy atom. The molecule has 0 radical (unpaired) electrons. The molecule has 2 heterocycles. The number of hydrogen-bond donors (Lipinski definition) is 2. The molecular weight excluding hydrogens is 352 g/mol. The standard InChI is InChI=1S/C18H20N4O3S/c1-10-19-9-15(16(20-10)11-4-5-11)22-26(24,25)12-6-7-14-13(8-12)18(2,3)17(23)21-14/h6-9,11,22H,4-5H2,1-3H3,(H,21,23). The number of aromatic nitrogens is 2. The number of sulfonamides is 1. The minimum absolute atomic E-state index is 0.114. The molecule has 1 aromatic carbocycles. The van der Waals surface area contributed by atoms with Gasteiger partial charge in [0.15, 0.2) is 0 Å². The summed E-state index contributed by atoms with van der Waals surface area (Å²) in [5.74, 6) is 0.770. The van der Waals surface area contributed by atoms with Crippen molar-refractivity contribution < 1.29 is 13.2 Å². The maximum Gasteiger partial charge on any atom is 0.262 e. The van der Waals surface area contributed by atoms with Gasteiger partial charge in [0, 0.05) is 11.6 Å². The quantitative estimate of drug-likeness (QED) is 0.859. The van der Waals surface area contributed by atoms with Gasteiger partial charge in [-0.1, -0.05) is 0 Å². The van der Waals surface area contributed by atoms with Gasteiger partial charge in [0.05, 0.1) is 27.9 Å². The van der Waals surface area contributed by atoms with Crippen LogP contribution in [0.5, 0.6) is 0 Å². The molecule has 0 spiro atoms. The van der Waals surface area contributed by atoms with Crippen LogP contribution >= 0.6 is 0 Å². The van der Waals surface area contributed by atoms with Crippen molar-refractivity contribution in [2.45, 2.75) is 49.8 Å². The number of benzene rings is 1. The zero-order valence-corrected chi connectivity index (χ0v) is 15.6. The van der Waals surface area contributed by atoms with Crippen LogP contribution < -0.4 is 10.0 Å². The number of hydrogen-bond acceptors (Lipinski definition) is 5. The third kappa shape index (κ3) is 2.74. The van der Waals surface area contributed by atoms with Gasteiger partial charge in [-0.05, 0) is 57.4 Å². The average Bonchev–Trinajstić information content (AvgIpc) is 3.38. The monoisotopic (exact) mass is 372 g/mol. The molecule has 2 aromatic rings. The van der Waals surface area contributed by atoms with Gasteiger partial charge in [-0.3, -0.25) is 9.52 Å². The summed E-state index contributed by atoms with van der Waals surface area (Å²) >= 11 is 0. The van der Waals surface area contributed by atoms with Crippen molar-refractivity contribution in [3.05, 3.63) is 41.5 Å². The minimum atomic E-state index is -3.81. The Bertz CT molecular complexity index is 1030. The smallest absolute Gasteiger partial charge is 0.262 e. The van der Waals surface area contributed by atoms with Gasteiger partial charge >= 0.3 is 0 Å². The van der Waals surface area contributed by atoms with Crippen molar-refractivity contribution in [3.8, 4) is 0 Å². The van der Waals surface area contributed by atoms with Crippen LogP contribution in [0.3, 0.4) is 0 Å². The summed E-state index contributed by atoms with van der Waals surface area (Å²) < 4.78 is 28.4. The molecule has 136 valence electrons. The molecule has 0 bridgehead atoms. The summed E-state index contributed by atoms with van der Waals surface area (Å²) in [6.45, 7) is 5.34. The molecule has 2 aliphatic rings. The molecule has 26 heavy (non-hydrogen) atoms. The van der Waals surface area contributed by atoms with E-state index in [9.17, 15) is 13.2 Å². The van der Waals surface area contributed by atoms with Crippen LogP contribution in [0.4, 0.5) is 11.4 Å². The van der Waals surface area contributed by atoms with E-state index >= 15 is 0 Å². The first-order chi connectivity index (χ1) is 12.2. The molecule has 1 aliphatic heterocycles. The van der Waals surface area contributed by atoms with Gasteiger partial charge in [-0.25, -0.2) is 18.4 Å². The van der Waals surface area contributed by atoms with Crippen LogP contribution in [-0.4, -0.2) is 24.3 Å². The highest BCUT2D eigenvalue weighted by Crippen LogP contribution is 2.43. The molecule has 0 saturated heterocycles. The van der Waals surface area contributed by atoms with Crippen LogP contribution in [0, 0.1) is 6.92 Å². The van der Waals surface area contributed by atoms with E-state index < -0.39 is 15.4 Å². The lowest BCUT2D eigenvalue weighted by Crippen LogP contribution is -2.27. The van der Waals surface area contributed by atoms with Crippen molar-refractivity contribution in [3.63, 3.8) is 0 Å². The summed E-state index contributed by atoms with van der Waals surface area (Å²) in [5.41, 5.74) is 1.73.